The van der Waals surface area contributed by atoms with Crippen molar-refractivity contribution in [3.63, 3.8) is 0 Å². The number of halogens is 1. The number of anilines is 2. The monoisotopic (exact) mass is 451 g/mol. The molecule has 1 heterocycles. The number of nitrogens with zero attached hydrogens (tertiary/aromatic N) is 1. The van der Waals surface area contributed by atoms with E-state index in [0.29, 0.717) is 16.5 Å². The second-order valence-corrected chi connectivity index (χ2v) is 9.69. The lowest BCUT2D eigenvalue weighted by Gasteiger charge is -2.12. The Morgan fingerprint density at radius 1 is 1.14 bits per heavy atom. The molecule has 29 heavy (non-hydrogen) atoms. The van der Waals surface area contributed by atoms with Crippen molar-refractivity contribution in [2.45, 2.75) is 28.9 Å². The fourth-order valence-corrected chi connectivity index (χ4v) is 4.32. The summed E-state index contributed by atoms with van der Waals surface area (Å²) in [5, 5.41) is 6.67. The molecule has 1 unspecified atom stereocenters. The summed E-state index contributed by atoms with van der Waals surface area (Å²) in [5.74, 6) is 0.399. The molecule has 3 aromatic rings. The fraction of sp³-hybridized carbons (Fsp3) is 0.158. The first-order valence-electron chi connectivity index (χ1n) is 8.52. The van der Waals surface area contributed by atoms with Crippen LogP contribution < -0.4 is 10.0 Å². The molecule has 0 fully saturated rings. The third-order valence-electron chi connectivity index (χ3n) is 3.79. The second-order valence-electron chi connectivity index (χ2n) is 6.16. The highest BCUT2D eigenvalue weighted by molar-refractivity contribution is 8.00. The zero-order valence-electron chi connectivity index (χ0n) is 15.5. The van der Waals surface area contributed by atoms with E-state index >= 15 is 0 Å². The lowest BCUT2D eigenvalue weighted by atomic mass is 10.3. The van der Waals surface area contributed by atoms with Crippen LogP contribution in [0.25, 0.3) is 0 Å². The smallest absolute Gasteiger partial charge is 0.263 e. The topological polar surface area (TPSA) is 101 Å². The molecule has 2 N–H and O–H groups in total. The largest absolute Gasteiger partial charge is 0.360 e. The van der Waals surface area contributed by atoms with E-state index in [-0.39, 0.29) is 21.9 Å². The van der Waals surface area contributed by atoms with Crippen LogP contribution in [0.4, 0.5) is 11.5 Å². The number of hydrogen-bond acceptors (Lipinski definition) is 6. The summed E-state index contributed by atoms with van der Waals surface area (Å²) in [6.45, 7) is 3.45. The van der Waals surface area contributed by atoms with Gasteiger partial charge in [-0.1, -0.05) is 16.8 Å². The average Bonchev–Trinajstić information content (AvgIpc) is 3.08. The molecule has 0 bridgehead atoms. The number of amides is 1. The Balaban J connectivity index is 1.62. The number of aromatic nitrogens is 1. The van der Waals surface area contributed by atoms with Gasteiger partial charge in [-0.15, -0.1) is 11.8 Å². The highest BCUT2D eigenvalue weighted by atomic mass is 35.5. The maximum atomic E-state index is 12.4. The first-order chi connectivity index (χ1) is 13.7. The van der Waals surface area contributed by atoms with Crippen molar-refractivity contribution in [2.75, 3.05) is 10.0 Å². The zero-order chi connectivity index (χ0) is 21.0. The van der Waals surface area contributed by atoms with E-state index < -0.39 is 10.0 Å². The van der Waals surface area contributed by atoms with Gasteiger partial charge in [-0.05, 0) is 62.4 Å². The zero-order valence-corrected chi connectivity index (χ0v) is 17.9. The normalized spacial score (nSPS) is 12.4. The van der Waals surface area contributed by atoms with Crippen LogP contribution in [-0.4, -0.2) is 24.7 Å². The summed E-state index contributed by atoms with van der Waals surface area (Å²) >= 11 is 7.26. The predicted molar refractivity (Wildman–Crippen MR) is 114 cm³/mol. The van der Waals surface area contributed by atoms with Crippen LogP contribution in [0.1, 0.15) is 12.7 Å². The summed E-state index contributed by atoms with van der Waals surface area (Å²) in [7, 11) is -3.81. The third-order valence-corrected chi connectivity index (χ3v) is 6.53. The molecule has 0 aliphatic heterocycles. The van der Waals surface area contributed by atoms with E-state index in [1.165, 1.54) is 42.1 Å². The third kappa shape index (κ3) is 5.75. The lowest BCUT2D eigenvalue weighted by Crippen LogP contribution is -2.22. The van der Waals surface area contributed by atoms with E-state index in [2.05, 4.69) is 15.2 Å². The van der Waals surface area contributed by atoms with Crippen molar-refractivity contribution >= 4 is 50.8 Å². The highest BCUT2D eigenvalue weighted by Gasteiger charge is 2.18. The summed E-state index contributed by atoms with van der Waals surface area (Å²) < 4.78 is 32.0. The molecule has 3 rings (SSSR count). The van der Waals surface area contributed by atoms with Crippen LogP contribution in [0, 0.1) is 6.92 Å². The number of nitrogens with one attached hydrogen (secondary N) is 2. The van der Waals surface area contributed by atoms with Crippen molar-refractivity contribution in [3.8, 4) is 0 Å². The second kappa shape index (κ2) is 8.89. The maximum absolute atomic E-state index is 12.4. The average molecular weight is 452 g/mol. The summed E-state index contributed by atoms with van der Waals surface area (Å²) in [5.41, 5.74) is 0.495. The van der Waals surface area contributed by atoms with E-state index in [4.69, 9.17) is 16.1 Å². The molecule has 152 valence electrons. The minimum atomic E-state index is -3.81. The van der Waals surface area contributed by atoms with Gasteiger partial charge in [0.25, 0.3) is 10.0 Å². The van der Waals surface area contributed by atoms with Gasteiger partial charge in [0.2, 0.25) is 5.91 Å². The molecule has 10 heteroatoms. The molecule has 0 aliphatic carbocycles. The summed E-state index contributed by atoms with van der Waals surface area (Å²) in [6.07, 6.45) is 0. The highest BCUT2D eigenvalue weighted by Crippen LogP contribution is 2.26. The van der Waals surface area contributed by atoms with Crippen LogP contribution in [0.2, 0.25) is 5.02 Å². The Labute approximate surface area is 177 Å². The number of thioether (sulfide) groups is 1. The van der Waals surface area contributed by atoms with Gasteiger partial charge in [0.05, 0.1) is 10.1 Å². The number of sulfonamides is 1. The van der Waals surface area contributed by atoms with Gasteiger partial charge in [-0.2, -0.15) is 0 Å². The van der Waals surface area contributed by atoms with Crippen molar-refractivity contribution in [3.05, 3.63) is 65.4 Å². The number of benzene rings is 2. The Bertz CT molecular complexity index is 1100. The van der Waals surface area contributed by atoms with Crippen LogP contribution in [0.3, 0.4) is 0 Å². The Hall–Kier alpha value is -2.49. The predicted octanol–water partition coefficient (Wildman–Crippen LogP) is 4.56. The Morgan fingerprint density at radius 3 is 2.38 bits per heavy atom. The van der Waals surface area contributed by atoms with Gasteiger partial charge in [-0.3, -0.25) is 9.52 Å². The molecule has 1 atom stereocenters. The molecule has 1 amide bonds. The molecule has 7 nitrogen and oxygen atoms in total. The number of aryl methyl sites for hydroxylation is 1. The quantitative estimate of drug-likeness (QED) is 0.511. The van der Waals surface area contributed by atoms with Crippen molar-refractivity contribution in [1.82, 2.24) is 5.16 Å². The standard InChI is InChI=1S/C19H18ClN3O4S2/c1-12-11-18(22-27-12)23-29(25,26)17-9-5-15(6-10-17)21-19(24)13(2)28-16-7-3-14(20)4-8-16/h3-11,13H,1-2H3,(H,21,24)(H,22,23). The lowest BCUT2D eigenvalue weighted by molar-refractivity contribution is -0.115. The van der Waals surface area contributed by atoms with Gasteiger partial charge < -0.3 is 9.84 Å². The molecule has 0 saturated heterocycles. The maximum Gasteiger partial charge on any atom is 0.263 e. The molecular formula is C19H18ClN3O4S2. The van der Waals surface area contributed by atoms with Crippen LogP contribution in [0.5, 0.6) is 0 Å². The molecule has 0 aliphatic rings. The Kier molecular flexibility index (Phi) is 6.51. The van der Waals surface area contributed by atoms with E-state index in [1.807, 2.05) is 12.1 Å². The number of carbonyl (C=O) groups excluding carboxylic acids is 1. The first-order valence-corrected chi connectivity index (χ1v) is 11.3. The number of carbonyl (C=O) groups is 1. The SMILES string of the molecule is Cc1cc(NS(=O)(=O)c2ccc(NC(=O)C(C)Sc3ccc(Cl)cc3)cc2)no1. The summed E-state index contributed by atoms with van der Waals surface area (Å²) in [6, 6.07) is 14.6. The molecular weight excluding hydrogens is 434 g/mol. The van der Waals surface area contributed by atoms with E-state index in [9.17, 15) is 13.2 Å². The number of hydrogen-bond donors (Lipinski definition) is 2. The molecule has 0 saturated carbocycles. The van der Waals surface area contributed by atoms with Gasteiger partial charge in [0.15, 0.2) is 5.82 Å². The Morgan fingerprint density at radius 2 is 1.79 bits per heavy atom. The van der Waals surface area contributed by atoms with Crippen LogP contribution in [0.15, 0.2) is 68.9 Å². The van der Waals surface area contributed by atoms with Crippen molar-refractivity contribution in [2.24, 2.45) is 0 Å². The van der Waals surface area contributed by atoms with Gasteiger partial charge in [-0.25, -0.2) is 8.42 Å². The molecule has 0 spiro atoms. The van der Waals surface area contributed by atoms with Crippen LogP contribution >= 0.6 is 23.4 Å². The minimum Gasteiger partial charge on any atom is -0.360 e. The minimum absolute atomic E-state index is 0.0414. The molecule has 1 aromatic heterocycles. The van der Waals surface area contributed by atoms with Crippen molar-refractivity contribution in [1.29, 1.82) is 0 Å². The fourth-order valence-electron chi connectivity index (χ4n) is 2.34. The molecule has 0 radical (unpaired) electrons. The van der Waals surface area contributed by atoms with Gasteiger partial charge in [0, 0.05) is 21.7 Å². The van der Waals surface area contributed by atoms with E-state index in [1.54, 1.807) is 26.0 Å². The molecule has 2 aromatic carbocycles. The van der Waals surface area contributed by atoms with Gasteiger partial charge >= 0.3 is 0 Å². The van der Waals surface area contributed by atoms with E-state index in [0.717, 1.165) is 4.90 Å². The van der Waals surface area contributed by atoms with Crippen LogP contribution in [-0.2, 0) is 14.8 Å². The van der Waals surface area contributed by atoms with Gasteiger partial charge in [0.1, 0.15) is 5.76 Å². The summed E-state index contributed by atoms with van der Waals surface area (Å²) in [4.78, 5) is 13.4. The number of rotatable bonds is 7. The first kappa shape index (κ1) is 21.2. The van der Waals surface area contributed by atoms with Crippen molar-refractivity contribution < 1.29 is 17.7 Å².